The minimum absolute atomic E-state index is 0.393. The first-order chi connectivity index (χ1) is 16.7. The van der Waals surface area contributed by atoms with Crippen molar-refractivity contribution in [2.45, 2.75) is 38.2 Å². The molecule has 2 aromatic rings. The molecule has 2 aliphatic heterocycles. The van der Waals surface area contributed by atoms with E-state index in [1.807, 2.05) is 24.5 Å². The van der Waals surface area contributed by atoms with E-state index in [0.717, 1.165) is 44.4 Å². The third kappa shape index (κ3) is 9.02. The lowest BCUT2D eigenvalue weighted by atomic mass is 9.79. The smallest absolute Gasteiger partial charge is 0.475 e. The summed E-state index contributed by atoms with van der Waals surface area (Å²) in [5.41, 5.74) is 0.393. The largest absolute Gasteiger partial charge is 0.490 e. The molecule has 0 aromatic carbocycles. The lowest BCUT2D eigenvalue weighted by Gasteiger charge is -2.40. The van der Waals surface area contributed by atoms with E-state index in [4.69, 9.17) is 24.2 Å². The lowest BCUT2D eigenvalue weighted by Crippen LogP contribution is -2.45. The first kappa shape index (κ1) is 28.9. The Labute approximate surface area is 201 Å². The Balaban J connectivity index is 0.000000271. The van der Waals surface area contributed by atoms with E-state index in [9.17, 15) is 26.3 Å². The quantitative estimate of drug-likeness (QED) is 0.575. The second-order valence-corrected chi connectivity index (χ2v) is 8.22. The molecule has 2 fully saturated rings. The number of furan rings is 1. The number of piperidine rings is 1. The van der Waals surface area contributed by atoms with Gasteiger partial charge in [0.2, 0.25) is 5.95 Å². The van der Waals surface area contributed by atoms with E-state index in [2.05, 4.69) is 25.8 Å². The van der Waals surface area contributed by atoms with E-state index in [1.54, 1.807) is 6.26 Å². The van der Waals surface area contributed by atoms with Crippen molar-refractivity contribution in [3.05, 3.63) is 42.6 Å². The van der Waals surface area contributed by atoms with Gasteiger partial charge in [0.15, 0.2) is 0 Å². The number of carboxylic acids is 2. The fourth-order valence-electron chi connectivity index (χ4n) is 3.95. The van der Waals surface area contributed by atoms with Gasteiger partial charge in [-0.25, -0.2) is 19.6 Å². The number of anilines is 1. The van der Waals surface area contributed by atoms with Crippen molar-refractivity contribution >= 4 is 17.9 Å². The number of carboxylic acid groups (broad SMARTS) is 2. The van der Waals surface area contributed by atoms with Crippen LogP contribution >= 0.6 is 0 Å². The van der Waals surface area contributed by atoms with E-state index in [-0.39, 0.29) is 0 Å². The molecular formula is C21H24F6N4O5. The molecule has 0 saturated carbocycles. The van der Waals surface area contributed by atoms with Crippen molar-refractivity contribution in [1.29, 1.82) is 0 Å². The van der Waals surface area contributed by atoms with Crippen molar-refractivity contribution in [3.8, 4) is 0 Å². The van der Waals surface area contributed by atoms with Crippen LogP contribution in [-0.4, -0.2) is 75.6 Å². The first-order valence-electron chi connectivity index (χ1n) is 10.6. The van der Waals surface area contributed by atoms with Crippen LogP contribution in [0, 0.1) is 5.41 Å². The Morgan fingerprint density at radius 2 is 1.53 bits per heavy atom. The van der Waals surface area contributed by atoms with Crippen molar-refractivity contribution in [2.75, 3.05) is 31.1 Å². The van der Waals surface area contributed by atoms with Crippen molar-refractivity contribution in [3.63, 3.8) is 0 Å². The molecule has 0 amide bonds. The zero-order valence-corrected chi connectivity index (χ0v) is 18.8. The second-order valence-electron chi connectivity index (χ2n) is 8.22. The first-order valence-corrected chi connectivity index (χ1v) is 10.6. The molecule has 0 aliphatic carbocycles. The summed E-state index contributed by atoms with van der Waals surface area (Å²) in [5.74, 6) is -3.57. The highest BCUT2D eigenvalue weighted by atomic mass is 19.4. The van der Waals surface area contributed by atoms with Crippen molar-refractivity contribution < 1.29 is 50.6 Å². The second kappa shape index (κ2) is 12.1. The summed E-state index contributed by atoms with van der Waals surface area (Å²) in [6.45, 7) is 5.38. The number of rotatable bonds is 3. The van der Waals surface area contributed by atoms with Crippen LogP contribution in [0.2, 0.25) is 0 Å². The van der Waals surface area contributed by atoms with E-state index < -0.39 is 24.3 Å². The number of halogens is 6. The fourth-order valence-corrected chi connectivity index (χ4v) is 3.95. The molecule has 200 valence electrons. The highest BCUT2D eigenvalue weighted by Gasteiger charge is 2.42. The molecule has 1 unspecified atom stereocenters. The number of aliphatic carboxylic acids is 2. The van der Waals surface area contributed by atoms with Crippen molar-refractivity contribution in [1.82, 2.24) is 14.9 Å². The molecule has 0 radical (unpaired) electrons. The van der Waals surface area contributed by atoms with Gasteiger partial charge in [-0.1, -0.05) is 0 Å². The molecule has 1 spiro atoms. The van der Waals surface area contributed by atoms with Crippen LogP contribution in [0.5, 0.6) is 0 Å². The summed E-state index contributed by atoms with van der Waals surface area (Å²) in [6, 6.07) is 5.91. The summed E-state index contributed by atoms with van der Waals surface area (Å²) in [6.07, 6.45) is -0.936. The third-order valence-electron chi connectivity index (χ3n) is 5.46. The van der Waals surface area contributed by atoms with Crippen LogP contribution in [-0.2, 0) is 16.1 Å². The maximum absolute atomic E-state index is 10.6. The monoisotopic (exact) mass is 526 g/mol. The Morgan fingerprint density at radius 1 is 0.944 bits per heavy atom. The molecule has 0 bridgehead atoms. The Bertz CT molecular complexity index is 947. The van der Waals surface area contributed by atoms with Gasteiger partial charge in [-0.05, 0) is 44.0 Å². The van der Waals surface area contributed by atoms with Crippen molar-refractivity contribution in [2.24, 2.45) is 5.41 Å². The molecule has 36 heavy (non-hydrogen) atoms. The van der Waals surface area contributed by atoms with Crippen LogP contribution in [0.1, 0.15) is 25.0 Å². The average Bonchev–Trinajstić information content (AvgIpc) is 3.44. The molecule has 1 atom stereocenters. The van der Waals surface area contributed by atoms with Gasteiger partial charge in [0.05, 0.1) is 12.8 Å². The number of carbonyl (C=O) groups is 2. The van der Waals surface area contributed by atoms with Gasteiger partial charge in [0, 0.05) is 37.4 Å². The number of likely N-dealkylation sites (tertiary alicyclic amines) is 1. The number of aromatic nitrogens is 2. The Hall–Kier alpha value is -3.36. The number of nitrogens with zero attached hydrogens (tertiary/aromatic N) is 4. The number of hydrogen-bond donors (Lipinski definition) is 2. The Morgan fingerprint density at radius 3 is 2.03 bits per heavy atom. The van der Waals surface area contributed by atoms with Gasteiger partial charge in [0.1, 0.15) is 5.76 Å². The van der Waals surface area contributed by atoms with Gasteiger partial charge in [-0.3, -0.25) is 4.90 Å². The standard InChI is InChI=1S/C17H22N4O.2C2HF3O2/c1-4-15(22-11-1)12-20-10-6-17(13-20)5-2-9-21(14-17)16-18-7-3-8-19-16;2*3-2(4,5)1(6)7/h1,3-4,7-8,11H,2,5-6,9-10,12-14H2;2*(H,6,7). The lowest BCUT2D eigenvalue weighted by molar-refractivity contribution is -0.193. The van der Waals surface area contributed by atoms with E-state index >= 15 is 0 Å². The molecule has 4 rings (SSSR count). The van der Waals surface area contributed by atoms with E-state index in [0.29, 0.717) is 5.41 Å². The predicted molar refractivity (Wildman–Crippen MR) is 112 cm³/mol. The van der Waals surface area contributed by atoms with Crippen LogP contribution in [0.15, 0.2) is 41.3 Å². The SMILES string of the molecule is O=C(O)C(F)(F)F.O=C(O)C(F)(F)F.c1cnc(N2CCCC3(CCN(Cc4ccco4)C3)C2)nc1. The highest BCUT2D eigenvalue weighted by Crippen LogP contribution is 2.40. The molecule has 2 N–H and O–H groups in total. The fraction of sp³-hybridized carbons (Fsp3) is 0.524. The topological polar surface area (TPSA) is 120 Å². The van der Waals surface area contributed by atoms with Crippen LogP contribution in [0.25, 0.3) is 0 Å². The van der Waals surface area contributed by atoms with Gasteiger partial charge in [-0.15, -0.1) is 0 Å². The summed E-state index contributed by atoms with van der Waals surface area (Å²) < 4.78 is 69.0. The minimum atomic E-state index is -5.08. The average molecular weight is 526 g/mol. The molecule has 2 saturated heterocycles. The maximum Gasteiger partial charge on any atom is 0.490 e. The number of hydrogen-bond acceptors (Lipinski definition) is 7. The summed E-state index contributed by atoms with van der Waals surface area (Å²) in [5, 5.41) is 14.2. The highest BCUT2D eigenvalue weighted by molar-refractivity contribution is 5.73. The van der Waals surface area contributed by atoms with Gasteiger partial charge in [-0.2, -0.15) is 26.3 Å². The number of alkyl halides is 6. The summed E-state index contributed by atoms with van der Waals surface area (Å²) in [4.78, 5) is 31.5. The summed E-state index contributed by atoms with van der Waals surface area (Å²) >= 11 is 0. The third-order valence-corrected chi connectivity index (χ3v) is 5.46. The van der Waals surface area contributed by atoms with Crippen LogP contribution < -0.4 is 4.90 Å². The molecule has 2 aromatic heterocycles. The zero-order valence-electron chi connectivity index (χ0n) is 18.8. The van der Waals surface area contributed by atoms with Crippen LogP contribution in [0.3, 0.4) is 0 Å². The summed E-state index contributed by atoms with van der Waals surface area (Å²) in [7, 11) is 0. The Kier molecular flexibility index (Phi) is 9.67. The van der Waals surface area contributed by atoms with Gasteiger partial charge >= 0.3 is 24.3 Å². The minimum Gasteiger partial charge on any atom is -0.475 e. The molecule has 4 heterocycles. The molecule has 9 nitrogen and oxygen atoms in total. The molecule has 15 heteroatoms. The normalized spacial score (nSPS) is 20.2. The van der Waals surface area contributed by atoms with Gasteiger partial charge < -0.3 is 19.5 Å². The molecule has 2 aliphatic rings. The van der Waals surface area contributed by atoms with Gasteiger partial charge in [0.25, 0.3) is 0 Å². The molecular weight excluding hydrogens is 502 g/mol. The maximum atomic E-state index is 10.6. The zero-order chi connectivity index (χ0) is 27.0. The van der Waals surface area contributed by atoms with E-state index in [1.165, 1.54) is 19.3 Å². The van der Waals surface area contributed by atoms with Crippen LogP contribution in [0.4, 0.5) is 32.3 Å². The predicted octanol–water partition coefficient (Wildman–Crippen LogP) is 3.83.